The number of nitrogens with one attached hydrogen (secondary N) is 1. The molecule has 98 valence electrons. The van der Waals surface area contributed by atoms with E-state index in [0.29, 0.717) is 6.08 Å². The van der Waals surface area contributed by atoms with Crippen molar-refractivity contribution in [2.45, 2.75) is 18.8 Å². The van der Waals surface area contributed by atoms with Crippen LogP contribution in [-0.2, 0) is 19.1 Å². The first-order valence-electron chi connectivity index (χ1n) is 4.44. The summed E-state index contributed by atoms with van der Waals surface area (Å²) >= 11 is 0. The normalized spacial score (nSPS) is 13.5. The van der Waals surface area contributed by atoms with Crippen LogP contribution in [0.15, 0.2) is 12.3 Å². The van der Waals surface area contributed by atoms with Crippen LogP contribution >= 0.6 is 0 Å². The molecule has 0 aliphatic rings. The zero-order chi connectivity index (χ0) is 13.5. The van der Waals surface area contributed by atoms with Gasteiger partial charge in [0.25, 0.3) is 5.78 Å². The minimum atomic E-state index is -4.91. The number of esters is 1. The highest BCUT2D eigenvalue weighted by Gasteiger charge is 2.36. The maximum atomic E-state index is 11.8. The minimum Gasteiger partial charge on any atom is -0.469 e. The van der Waals surface area contributed by atoms with E-state index in [1.54, 1.807) is 0 Å². The van der Waals surface area contributed by atoms with E-state index in [4.69, 9.17) is 4.74 Å². The lowest BCUT2D eigenvalue weighted by molar-refractivity contribution is -0.165. The largest absolute Gasteiger partial charge is 0.469 e. The van der Waals surface area contributed by atoms with Crippen LogP contribution in [0, 0.1) is 0 Å². The number of hydrogen-bond acceptors (Lipinski definition) is 5. The number of alkyl halides is 3. The molecule has 0 rings (SSSR count). The molecule has 5 nitrogen and oxygen atoms in total. The Balaban J connectivity index is 4.19. The highest BCUT2D eigenvalue weighted by Crippen LogP contribution is 2.16. The molecule has 0 fully saturated rings. The molecule has 0 saturated carbocycles. The van der Waals surface area contributed by atoms with E-state index in [1.807, 2.05) is 0 Å². The molecule has 0 aromatic carbocycles. The zero-order valence-electron chi connectivity index (χ0n) is 9.21. The van der Waals surface area contributed by atoms with Crippen molar-refractivity contribution < 1.29 is 32.2 Å². The Morgan fingerprint density at radius 3 is 2.35 bits per heavy atom. The van der Waals surface area contributed by atoms with Gasteiger partial charge in [0.1, 0.15) is 6.23 Å². The van der Waals surface area contributed by atoms with Crippen molar-refractivity contribution >= 4 is 11.8 Å². The summed E-state index contributed by atoms with van der Waals surface area (Å²) in [7, 11) is 2.41. The van der Waals surface area contributed by atoms with Crippen molar-refractivity contribution in [3.05, 3.63) is 12.3 Å². The van der Waals surface area contributed by atoms with Gasteiger partial charge in [-0.2, -0.15) is 13.2 Å². The Bertz CT molecular complexity index is 301. The van der Waals surface area contributed by atoms with Crippen molar-refractivity contribution in [2.75, 3.05) is 14.2 Å². The molecule has 0 saturated heterocycles. The smallest absolute Gasteiger partial charge is 0.454 e. The number of rotatable bonds is 6. The Morgan fingerprint density at radius 2 is 1.94 bits per heavy atom. The number of ether oxygens (including phenoxy) is 2. The summed E-state index contributed by atoms with van der Waals surface area (Å²) in [5.74, 6) is -2.60. The molecule has 0 spiro atoms. The molecule has 0 unspecified atom stereocenters. The lowest BCUT2D eigenvalue weighted by Gasteiger charge is -2.13. The van der Waals surface area contributed by atoms with Crippen molar-refractivity contribution in [3.63, 3.8) is 0 Å². The number of carbonyl (C=O) groups excluding carboxylic acids is 2. The molecule has 1 N–H and O–H groups in total. The maximum Gasteiger partial charge on any atom is 0.454 e. The first-order chi connectivity index (χ1) is 7.81. The van der Waals surface area contributed by atoms with E-state index < -0.39 is 24.2 Å². The fourth-order valence-corrected chi connectivity index (χ4v) is 0.771. The molecule has 8 heteroatoms. The minimum absolute atomic E-state index is 0.197. The van der Waals surface area contributed by atoms with Gasteiger partial charge in [-0.3, -0.25) is 9.59 Å². The molecule has 0 radical (unpaired) electrons. The number of ketones is 1. The van der Waals surface area contributed by atoms with Crippen LogP contribution in [0.1, 0.15) is 6.42 Å². The van der Waals surface area contributed by atoms with Crippen molar-refractivity contribution in [1.82, 2.24) is 5.32 Å². The van der Waals surface area contributed by atoms with Crippen LogP contribution in [0.3, 0.4) is 0 Å². The third-order valence-corrected chi connectivity index (χ3v) is 1.66. The summed E-state index contributed by atoms with van der Waals surface area (Å²) in [5, 5.41) is 2.31. The Kier molecular flexibility index (Phi) is 6.26. The highest BCUT2D eigenvalue weighted by atomic mass is 19.4. The average molecular weight is 255 g/mol. The third kappa shape index (κ3) is 6.56. The average Bonchev–Trinajstić information content (AvgIpc) is 2.25. The lowest BCUT2D eigenvalue weighted by Crippen LogP contribution is -2.30. The van der Waals surface area contributed by atoms with Gasteiger partial charge in [-0.05, 0) is 0 Å². The predicted octanol–water partition coefficient (Wildman–Crippen LogP) is 0.757. The SMILES string of the molecule is COC(=O)C[C@H](N/C=C/C(=O)C(F)(F)F)OC. The van der Waals surface area contributed by atoms with E-state index in [0.717, 1.165) is 13.3 Å². The molecule has 0 aromatic heterocycles. The summed E-state index contributed by atoms with van der Waals surface area (Å²) in [6.45, 7) is 0. The third-order valence-electron chi connectivity index (χ3n) is 1.66. The topological polar surface area (TPSA) is 64.6 Å². The fraction of sp³-hybridized carbons (Fsp3) is 0.556. The van der Waals surface area contributed by atoms with Gasteiger partial charge in [-0.25, -0.2) is 0 Å². The lowest BCUT2D eigenvalue weighted by atomic mass is 10.3. The first kappa shape index (κ1) is 15.4. The Morgan fingerprint density at radius 1 is 1.35 bits per heavy atom. The van der Waals surface area contributed by atoms with Crippen molar-refractivity contribution in [1.29, 1.82) is 0 Å². The van der Waals surface area contributed by atoms with E-state index in [-0.39, 0.29) is 6.42 Å². The zero-order valence-corrected chi connectivity index (χ0v) is 9.21. The quantitative estimate of drug-likeness (QED) is 0.431. The second-order valence-electron chi connectivity index (χ2n) is 2.87. The van der Waals surface area contributed by atoms with Crippen molar-refractivity contribution in [3.8, 4) is 0 Å². The van der Waals surface area contributed by atoms with E-state index in [2.05, 4.69) is 10.1 Å². The predicted molar refractivity (Wildman–Crippen MR) is 50.8 cm³/mol. The molecule has 0 aromatic rings. The summed E-state index contributed by atoms with van der Waals surface area (Å²) in [6, 6.07) is 0. The van der Waals surface area contributed by atoms with E-state index >= 15 is 0 Å². The molecule has 0 bridgehead atoms. The summed E-state index contributed by atoms with van der Waals surface area (Å²) in [4.78, 5) is 21.3. The van der Waals surface area contributed by atoms with Crippen LogP contribution in [0.5, 0.6) is 0 Å². The Hall–Kier alpha value is -1.57. The number of hydrogen-bond donors (Lipinski definition) is 1. The van der Waals surface area contributed by atoms with Crippen LogP contribution in [-0.4, -0.2) is 38.4 Å². The number of carbonyl (C=O) groups is 2. The molecule has 1 atom stereocenters. The van der Waals surface area contributed by atoms with E-state index in [1.165, 1.54) is 7.11 Å². The second kappa shape index (κ2) is 6.89. The van der Waals surface area contributed by atoms with Gasteiger partial charge in [0, 0.05) is 19.4 Å². The monoisotopic (exact) mass is 255 g/mol. The van der Waals surface area contributed by atoms with Gasteiger partial charge >= 0.3 is 12.1 Å². The van der Waals surface area contributed by atoms with Gasteiger partial charge in [0.05, 0.1) is 13.5 Å². The van der Waals surface area contributed by atoms with Gasteiger partial charge in [0.15, 0.2) is 0 Å². The van der Waals surface area contributed by atoms with Crippen LogP contribution in [0.25, 0.3) is 0 Å². The summed E-state index contributed by atoms with van der Waals surface area (Å²) in [6.07, 6.45) is -4.89. The van der Waals surface area contributed by atoms with Crippen molar-refractivity contribution in [2.24, 2.45) is 0 Å². The van der Waals surface area contributed by atoms with Crippen LogP contribution in [0.4, 0.5) is 13.2 Å². The number of methoxy groups -OCH3 is 2. The first-order valence-corrected chi connectivity index (χ1v) is 4.44. The van der Waals surface area contributed by atoms with Gasteiger partial charge < -0.3 is 14.8 Å². The molecule has 0 aliphatic carbocycles. The van der Waals surface area contributed by atoms with E-state index in [9.17, 15) is 22.8 Å². The summed E-state index contributed by atoms with van der Waals surface area (Å²) in [5.41, 5.74) is 0. The van der Waals surface area contributed by atoms with Crippen LogP contribution in [0.2, 0.25) is 0 Å². The Labute approximate surface area is 95.6 Å². The maximum absolute atomic E-state index is 11.8. The van der Waals surface area contributed by atoms with Gasteiger partial charge in [0.2, 0.25) is 0 Å². The second-order valence-corrected chi connectivity index (χ2v) is 2.87. The number of halogens is 3. The van der Waals surface area contributed by atoms with Crippen LogP contribution < -0.4 is 5.32 Å². The fourth-order valence-electron chi connectivity index (χ4n) is 0.771. The summed E-state index contributed by atoms with van der Waals surface area (Å²) < 4.78 is 44.4. The highest BCUT2D eigenvalue weighted by molar-refractivity contribution is 5.94. The van der Waals surface area contributed by atoms with Gasteiger partial charge in [-0.15, -0.1) is 0 Å². The molecular weight excluding hydrogens is 243 g/mol. The molecule has 0 heterocycles. The van der Waals surface area contributed by atoms with Gasteiger partial charge in [-0.1, -0.05) is 0 Å². The molecular formula is C9H12F3NO4. The standard InChI is InChI=1S/C9H12F3NO4/c1-16-7(5-8(15)17-2)13-4-3-6(14)9(10,11)12/h3-4,7,13H,5H2,1-2H3/b4-3+/t7-/m1/s1. The number of allylic oxidation sites excluding steroid dienone is 1. The molecule has 17 heavy (non-hydrogen) atoms. The molecule has 0 amide bonds. The molecule has 0 aliphatic heterocycles.